The maximum absolute atomic E-state index is 9.11. The fourth-order valence-electron chi connectivity index (χ4n) is 4.63. The first kappa shape index (κ1) is 24.5. The third kappa shape index (κ3) is 5.91. The Morgan fingerprint density at radius 1 is 0.514 bits per heavy atom. The van der Waals surface area contributed by atoms with Crippen molar-refractivity contribution in [3.8, 4) is 11.5 Å². The van der Waals surface area contributed by atoms with Gasteiger partial charge < -0.3 is 19.7 Å². The van der Waals surface area contributed by atoms with E-state index in [1.807, 2.05) is 36.4 Å². The Balaban J connectivity index is 1.81. The fraction of sp³-hybridized carbons (Fsp3) is 0.226. The molecule has 4 aromatic rings. The SMILES string of the molecule is OCCOc1ccc(C(CCc2ccccc2)(c2ccccc2)c2ccc(OCCO)cc2)cc1. The number of ether oxygens (including phenoxy) is 2. The van der Waals surface area contributed by atoms with E-state index in [-0.39, 0.29) is 26.4 Å². The summed E-state index contributed by atoms with van der Waals surface area (Å²) in [7, 11) is 0. The van der Waals surface area contributed by atoms with Gasteiger partial charge in [0.25, 0.3) is 0 Å². The topological polar surface area (TPSA) is 58.9 Å². The molecular formula is C31H32O4. The smallest absolute Gasteiger partial charge is 0.119 e. The van der Waals surface area contributed by atoms with Gasteiger partial charge in [0.2, 0.25) is 0 Å². The van der Waals surface area contributed by atoms with Crippen LogP contribution in [0.25, 0.3) is 0 Å². The molecule has 0 fully saturated rings. The number of aryl methyl sites for hydroxylation is 1. The van der Waals surface area contributed by atoms with Gasteiger partial charge >= 0.3 is 0 Å². The zero-order chi connectivity index (χ0) is 24.3. The van der Waals surface area contributed by atoms with Crippen LogP contribution in [0, 0.1) is 0 Å². The highest BCUT2D eigenvalue weighted by Gasteiger charge is 2.36. The Bertz CT molecular complexity index is 1090. The molecule has 35 heavy (non-hydrogen) atoms. The van der Waals surface area contributed by atoms with Crippen molar-refractivity contribution in [3.63, 3.8) is 0 Å². The van der Waals surface area contributed by atoms with Crippen molar-refractivity contribution in [1.82, 2.24) is 0 Å². The molecule has 0 atom stereocenters. The number of benzene rings is 4. The van der Waals surface area contributed by atoms with Crippen molar-refractivity contribution >= 4 is 0 Å². The predicted octanol–water partition coefficient (Wildman–Crippen LogP) is 5.40. The second-order valence-electron chi connectivity index (χ2n) is 8.45. The van der Waals surface area contributed by atoms with Gasteiger partial charge in [0.05, 0.1) is 13.2 Å². The summed E-state index contributed by atoms with van der Waals surface area (Å²) in [5, 5.41) is 18.2. The van der Waals surface area contributed by atoms with Crippen LogP contribution in [-0.4, -0.2) is 36.6 Å². The number of hydrogen-bond donors (Lipinski definition) is 2. The van der Waals surface area contributed by atoms with Crippen LogP contribution >= 0.6 is 0 Å². The molecule has 0 unspecified atom stereocenters. The normalized spacial score (nSPS) is 11.3. The first-order valence-corrected chi connectivity index (χ1v) is 12.0. The average molecular weight is 469 g/mol. The number of hydrogen-bond acceptors (Lipinski definition) is 4. The minimum atomic E-state index is -0.401. The number of aliphatic hydroxyl groups excluding tert-OH is 2. The lowest BCUT2D eigenvalue weighted by atomic mass is 9.66. The molecule has 180 valence electrons. The summed E-state index contributed by atoms with van der Waals surface area (Å²) in [6, 6.07) is 37.6. The van der Waals surface area contributed by atoms with Gasteiger partial charge in [0.1, 0.15) is 24.7 Å². The Morgan fingerprint density at radius 3 is 1.40 bits per heavy atom. The van der Waals surface area contributed by atoms with Gasteiger partial charge in [-0.3, -0.25) is 0 Å². The largest absolute Gasteiger partial charge is 0.491 e. The minimum absolute atomic E-state index is 0.0164. The Hall–Kier alpha value is -3.60. The third-order valence-corrected chi connectivity index (χ3v) is 6.31. The maximum atomic E-state index is 9.11. The van der Waals surface area contributed by atoms with Gasteiger partial charge in [-0.05, 0) is 59.4 Å². The van der Waals surface area contributed by atoms with E-state index in [4.69, 9.17) is 19.7 Å². The van der Waals surface area contributed by atoms with Crippen LogP contribution in [-0.2, 0) is 11.8 Å². The molecule has 4 heteroatoms. The van der Waals surface area contributed by atoms with E-state index in [9.17, 15) is 0 Å². The summed E-state index contributed by atoms with van der Waals surface area (Å²) in [6.07, 6.45) is 1.77. The summed E-state index contributed by atoms with van der Waals surface area (Å²) in [5.41, 5.74) is 4.44. The molecule has 0 spiro atoms. The lowest BCUT2D eigenvalue weighted by Crippen LogP contribution is -2.30. The molecule has 0 bridgehead atoms. The zero-order valence-corrected chi connectivity index (χ0v) is 19.8. The predicted molar refractivity (Wildman–Crippen MR) is 139 cm³/mol. The Kier molecular flexibility index (Phi) is 8.55. The highest BCUT2D eigenvalue weighted by atomic mass is 16.5. The van der Waals surface area contributed by atoms with Gasteiger partial charge in [0, 0.05) is 5.41 Å². The van der Waals surface area contributed by atoms with Crippen molar-refractivity contribution in [2.45, 2.75) is 18.3 Å². The summed E-state index contributed by atoms with van der Waals surface area (Å²) < 4.78 is 11.3. The molecule has 0 aliphatic carbocycles. The molecule has 0 saturated carbocycles. The van der Waals surface area contributed by atoms with Gasteiger partial charge in [-0.15, -0.1) is 0 Å². The van der Waals surface area contributed by atoms with Crippen LogP contribution in [0.2, 0.25) is 0 Å². The third-order valence-electron chi connectivity index (χ3n) is 6.31. The summed E-state index contributed by atoms with van der Waals surface area (Å²) in [4.78, 5) is 0. The van der Waals surface area contributed by atoms with Crippen molar-refractivity contribution in [2.24, 2.45) is 0 Å². The fourth-order valence-corrected chi connectivity index (χ4v) is 4.63. The first-order chi connectivity index (χ1) is 17.3. The van der Waals surface area contributed by atoms with Crippen LogP contribution in [0.5, 0.6) is 11.5 Å². The highest BCUT2D eigenvalue weighted by Crippen LogP contribution is 2.44. The van der Waals surface area contributed by atoms with E-state index in [0.717, 1.165) is 24.3 Å². The first-order valence-electron chi connectivity index (χ1n) is 12.0. The van der Waals surface area contributed by atoms with Crippen molar-refractivity contribution < 1.29 is 19.7 Å². The van der Waals surface area contributed by atoms with E-state index >= 15 is 0 Å². The van der Waals surface area contributed by atoms with Gasteiger partial charge in [-0.2, -0.15) is 0 Å². The number of aliphatic hydroxyl groups is 2. The van der Waals surface area contributed by atoms with Crippen LogP contribution in [0.3, 0.4) is 0 Å². The summed E-state index contributed by atoms with van der Waals surface area (Å²) in [6.45, 7) is 0.508. The molecular weight excluding hydrogens is 436 g/mol. The molecule has 0 saturated heterocycles. The molecule has 4 nitrogen and oxygen atoms in total. The van der Waals surface area contributed by atoms with Crippen LogP contribution in [0.1, 0.15) is 28.7 Å². The Labute approximate surface area is 207 Å². The zero-order valence-electron chi connectivity index (χ0n) is 19.8. The maximum Gasteiger partial charge on any atom is 0.119 e. The molecule has 0 amide bonds. The molecule has 0 radical (unpaired) electrons. The summed E-state index contributed by atoms with van der Waals surface area (Å²) >= 11 is 0. The summed E-state index contributed by atoms with van der Waals surface area (Å²) in [5.74, 6) is 1.47. The molecule has 4 rings (SSSR count). The average Bonchev–Trinajstić information content (AvgIpc) is 2.93. The standard InChI is InChI=1S/C31H32O4/c32-21-23-34-29-15-11-27(12-16-29)31(26-9-5-2-6-10-26,20-19-25-7-3-1-4-8-25)28-13-17-30(18-14-28)35-24-22-33/h1-18,32-33H,19-24H2. The minimum Gasteiger partial charge on any atom is -0.491 e. The van der Waals surface area contributed by atoms with Crippen LogP contribution in [0.4, 0.5) is 0 Å². The molecule has 0 aromatic heterocycles. The van der Waals surface area contributed by atoms with Crippen molar-refractivity contribution in [2.75, 3.05) is 26.4 Å². The quantitative estimate of drug-likeness (QED) is 0.274. The van der Waals surface area contributed by atoms with Gasteiger partial charge in [0.15, 0.2) is 0 Å². The van der Waals surface area contributed by atoms with Crippen LogP contribution < -0.4 is 9.47 Å². The van der Waals surface area contributed by atoms with Gasteiger partial charge in [-0.25, -0.2) is 0 Å². The van der Waals surface area contributed by atoms with E-state index in [1.54, 1.807) is 0 Å². The van der Waals surface area contributed by atoms with E-state index in [2.05, 4.69) is 72.8 Å². The van der Waals surface area contributed by atoms with Crippen LogP contribution in [0.15, 0.2) is 109 Å². The molecule has 0 heterocycles. The number of rotatable bonds is 12. The Morgan fingerprint density at radius 2 is 0.943 bits per heavy atom. The second kappa shape index (κ2) is 12.2. The van der Waals surface area contributed by atoms with E-state index < -0.39 is 5.41 Å². The second-order valence-corrected chi connectivity index (χ2v) is 8.45. The van der Waals surface area contributed by atoms with Crippen molar-refractivity contribution in [1.29, 1.82) is 0 Å². The molecule has 0 aliphatic heterocycles. The van der Waals surface area contributed by atoms with E-state index in [1.165, 1.54) is 22.3 Å². The lowest BCUT2D eigenvalue weighted by molar-refractivity contribution is 0.201. The molecule has 2 N–H and O–H groups in total. The lowest BCUT2D eigenvalue weighted by Gasteiger charge is -2.36. The monoisotopic (exact) mass is 468 g/mol. The van der Waals surface area contributed by atoms with E-state index in [0.29, 0.717) is 0 Å². The van der Waals surface area contributed by atoms with Crippen molar-refractivity contribution in [3.05, 3.63) is 131 Å². The highest BCUT2D eigenvalue weighted by molar-refractivity contribution is 5.52. The molecule has 4 aromatic carbocycles. The molecule has 0 aliphatic rings. The van der Waals surface area contributed by atoms with Gasteiger partial charge in [-0.1, -0.05) is 84.9 Å².